The van der Waals surface area contributed by atoms with Gasteiger partial charge in [-0.3, -0.25) is 0 Å². The molecule has 1 aromatic heterocycles. The van der Waals surface area contributed by atoms with Crippen molar-refractivity contribution >= 4 is 48.8 Å². The van der Waals surface area contributed by atoms with E-state index in [4.69, 9.17) is 26.9 Å². The second-order valence-electron chi connectivity index (χ2n) is 5.37. The first-order chi connectivity index (χ1) is 11.8. The molecule has 0 fully saturated rings. The first-order valence-corrected chi connectivity index (χ1v) is 10.6. The van der Waals surface area contributed by atoms with Crippen molar-refractivity contribution < 1.29 is 8.95 Å². The Bertz CT molecular complexity index is 848. The molecule has 0 spiro atoms. The van der Waals surface area contributed by atoms with Crippen LogP contribution in [0.5, 0.6) is 5.75 Å². The van der Waals surface area contributed by atoms with Crippen LogP contribution in [0.1, 0.15) is 12.8 Å². The number of nitrogens with zero attached hydrogens (tertiary/aromatic N) is 2. The highest BCUT2D eigenvalue weighted by Crippen LogP contribution is 2.27. The maximum atomic E-state index is 12.0. The summed E-state index contributed by atoms with van der Waals surface area (Å²) < 4.78 is 26.1. The molecule has 0 radical (unpaired) electrons. The molecule has 2 aromatic rings. The second kappa shape index (κ2) is 8.68. The number of aromatic nitrogens is 2. The van der Waals surface area contributed by atoms with Crippen molar-refractivity contribution in [3.05, 3.63) is 34.2 Å². The van der Waals surface area contributed by atoms with Crippen molar-refractivity contribution in [1.82, 2.24) is 9.97 Å². The van der Waals surface area contributed by atoms with Crippen LogP contribution in [0.4, 0.5) is 11.5 Å². The summed E-state index contributed by atoms with van der Waals surface area (Å²) in [6, 6.07) is 4.80. The van der Waals surface area contributed by atoms with Crippen LogP contribution in [-0.4, -0.2) is 33.6 Å². The maximum absolute atomic E-state index is 12.0. The monoisotopic (exact) mass is 447 g/mol. The predicted octanol–water partition coefficient (Wildman–Crippen LogP) is 3.78. The number of nitrogens with two attached hydrogens (primary N) is 1. The molecular weight excluding hydrogens is 430 g/mol. The number of hydrogen-bond donors (Lipinski definition) is 3. The molecule has 25 heavy (non-hydrogen) atoms. The zero-order valence-corrected chi connectivity index (χ0v) is 16.7. The summed E-state index contributed by atoms with van der Waals surface area (Å²) in [5.74, 6) is 1.04. The topological polar surface area (TPSA) is 114 Å². The molecule has 7 nitrogen and oxygen atoms in total. The highest BCUT2D eigenvalue weighted by atomic mass is 79.9. The molecule has 136 valence electrons. The molecule has 1 aromatic carbocycles. The van der Waals surface area contributed by atoms with Crippen LogP contribution in [0.3, 0.4) is 0 Å². The average Bonchev–Trinajstić information content (AvgIpc) is 2.52. The zero-order chi connectivity index (χ0) is 18.4. The first kappa shape index (κ1) is 19.7. The third-order valence-electron chi connectivity index (χ3n) is 3.22. The Balaban J connectivity index is 1.82. The first-order valence-electron chi connectivity index (χ1n) is 7.45. The van der Waals surface area contributed by atoms with E-state index in [-0.39, 0.29) is 5.28 Å². The van der Waals surface area contributed by atoms with E-state index in [1.807, 2.05) is 0 Å². The Morgan fingerprint density at radius 3 is 2.92 bits per heavy atom. The van der Waals surface area contributed by atoms with E-state index >= 15 is 0 Å². The van der Waals surface area contributed by atoms with Crippen LogP contribution < -0.4 is 15.8 Å². The molecule has 2 rings (SSSR count). The molecule has 0 bridgehead atoms. The number of hydrogen-bond acceptors (Lipinski definition) is 7. The summed E-state index contributed by atoms with van der Waals surface area (Å²) >= 11 is 9.11. The van der Waals surface area contributed by atoms with Gasteiger partial charge in [-0.1, -0.05) is 0 Å². The van der Waals surface area contributed by atoms with Crippen LogP contribution >= 0.6 is 27.5 Å². The summed E-state index contributed by atoms with van der Waals surface area (Å²) in [7, 11) is -2.87. The SMILES string of the molecule is CS(=N)(=O)c1ccc(N)cc1OCCCCNc1nc(Cl)ncc1Br. The third kappa shape index (κ3) is 6.02. The Labute approximate surface area is 160 Å². The van der Waals surface area contributed by atoms with Crippen molar-refractivity contribution in [3.63, 3.8) is 0 Å². The number of ether oxygens (including phenoxy) is 1. The lowest BCUT2D eigenvalue weighted by molar-refractivity contribution is 0.301. The zero-order valence-electron chi connectivity index (χ0n) is 13.6. The van der Waals surface area contributed by atoms with E-state index in [9.17, 15) is 4.21 Å². The van der Waals surface area contributed by atoms with Gasteiger partial charge in [0.25, 0.3) is 0 Å². The third-order valence-corrected chi connectivity index (χ3v) is 5.16. The van der Waals surface area contributed by atoms with Gasteiger partial charge < -0.3 is 15.8 Å². The maximum Gasteiger partial charge on any atom is 0.224 e. The van der Waals surface area contributed by atoms with Gasteiger partial charge in [0.05, 0.1) is 25.7 Å². The summed E-state index contributed by atoms with van der Waals surface area (Å²) in [5, 5.41) is 3.35. The molecule has 0 aliphatic heterocycles. The van der Waals surface area contributed by atoms with Crippen molar-refractivity contribution in [1.29, 1.82) is 4.78 Å². The van der Waals surface area contributed by atoms with Gasteiger partial charge in [-0.2, -0.15) is 4.98 Å². The number of anilines is 2. The number of benzene rings is 1. The minimum absolute atomic E-state index is 0.182. The molecule has 1 heterocycles. The molecule has 0 saturated carbocycles. The van der Waals surface area contributed by atoms with Gasteiger partial charge in [-0.05, 0) is 52.5 Å². The van der Waals surface area contributed by atoms with Gasteiger partial charge in [0.1, 0.15) is 11.6 Å². The van der Waals surface area contributed by atoms with E-state index < -0.39 is 9.73 Å². The van der Waals surface area contributed by atoms with Gasteiger partial charge in [0.2, 0.25) is 5.28 Å². The predicted molar refractivity (Wildman–Crippen MR) is 104 cm³/mol. The molecule has 1 atom stereocenters. The fourth-order valence-corrected chi connectivity index (χ4v) is 3.34. The lowest BCUT2D eigenvalue weighted by Gasteiger charge is -2.12. The number of rotatable bonds is 8. The van der Waals surface area contributed by atoms with Gasteiger partial charge in [-0.15, -0.1) is 0 Å². The molecule has 0 saturated heterocycles. The Hall–Kier alpha value is -1.58. The number of unbranched alkanes of at least 4 members (excludes halogenated alkanes) is 1. The van der Waals surface area contributed by atoms with E-state index in [0.717, 1.165) is 17.3 Å². The molecule has 0 aliphatic rings. The number of nitrogens with one attached hydrogen (secondary N) is 2. The van der Waals surface area contributed by atoms with Gasteiger partial charge in [-0.25, -0.2) is 14.0 Å². The Morgan fingerprint density at radius 2 is 2.20 bits per heavy atom. The lowest BCUT2D eigenvalue weighted by Crippen LogP contribution is -2.08. The van der Waals surface area contributed by atoms with Crippen LogP contribution in [0.25, 0.3) is 0 Å². The van der Waals surface area contributed by atoms with Gasteiger partial charge >= 0.3 is 0 Å². The summed E-state index contributed by atoms with van der Waals surface area (Å²) in [5.41, 5.74) is 6.25. The molecule has 0 aliphatic carbocycles. The standard InChI is InChI=1S/C15H19BrClN5O2S/c1-25(19,23)13-5-4-10(18)8-12(13)24-7-3-2-6-20-14-11(16)9-21-15(17)22-14/h4-5,8-9,19H,2-3,6-7,18H2,1H3,(H,20,21,22). The quantitative estimate of drug-likeness (QED) is 0.322. The molecule has 1 unspecified atom stereocenters. The van der Waals surface area contributed by atoms with Crippen LogP contribution in [0, 0.1) is 4.78 Å². The highest BCUT2D eigenvalue weighted by Gasteiger charge is 2.12. The van der Waals surface area contributed by atoms with Gasteiger partial charge in [0.15, 0.2) is 0 Å². The van der Waals surface area contributed by atoms with E-state index in [0.29, 0.717) is 35.3 Å². The molecular formula is C15H19BrClN5O2S. The average molecular weight is 449 g/mol. The number of halogens is 2. The highest BCUT2D eigenvalue weighted by molar-refractivity contribution is 9.10. The van der Waals surface area contributed by atoms with Crippen molar-refractivity contribution in [2.24, 2.45) is 0 Å². The number of nitrogen functional groups attached to an aromatic ring is 1. The lowest BCUT2D eigenvalue weighted by atomic mass is 10.3. The fraction of sp³-hybridized carbons (Fsp3) is 0.333. The summed E-state index contributed by atoms with van der Waals surface area (Å²) in [4.78, 5) is 8.31. The smallest absolute Gasteiger partial charge is 0.224 e. The van der Waals surface area contributed by atoms with E-state index in [2.05, 4.69) is 31.2 Å². The Kier molecular flexibility index (Phi) is 6.86. The van der Waals surface area contributed by atoms with Crippen LogP contribution in [0.15, 0.2) is 33.8 Å². The van der Waals surface area contributed by atoms with E-state index in [1.54, 1.807) is 24.4 Å². The van der Waals surface area contributed by atoms with Crippen molar-refractivity contribution in [2.45, 2.75) is 17.7 Å². The van der Waals surface area contributed by atoms with E-state index in [1.165, 1.54) is 6.26 Å². The molecule has 4 N–H and O–H groups in total. The van der Waals surface area contributed by atoms with Crippen molar-refractivity contribution in [3.8, 4) is 5.75 Å². The van der Waals surface area contributed by atoms with Crippen LogP contribution in [-0.2, 0) is 9.73 Å². The van der Waals surface area contributed by atoms with Crippen LogP contribution in [0.2, 0.25) is 5.28 Å². The second-order valence-corrected chi connectivity index (χ2v) is 8.69. The minimum atomic E-state index is -2.87. The molecule has 0 amide bonds. The fourth-order valence-electron chi connectivity index (χ4n) is 2.04. The van der Waals surface area contributed by atoms with Gasteiger partial charge in [0, 0.05) is 30.8 Å². The summed E-state index contributed by atoms with van der Waals surface area (Å²) in [6.07, 6.45) is 4.54. The summed E-state index contributed by atoms with van der Waals surface area (Å²) in [6.45, 7) is 1.11. The largest absolute Gasteiger partial charge is 0.492 e. The van der Waals surface area contributed by atoms with Crippen molar-refractivity contribution in [2.75, 3.05) is 30.5 Å². The normalized spacial score (nSPS) is 13.2. The minimum Gasteiger partial charge on any atom is -0.492 e. The Morgan fingerprint density at radius 1 is 1.44 bits per heavy atom. The molecule has 10 heteroatoms.